The first-order valence-corrected chi connectivity index (χ1v) is 8.13. The van der Waals surface area contributed by atoms with E-state index in [0.717, 1.165) is 29.1 Å². The van der Waals surface area contributed by atoms with E-state index in [0.29, 0.717) is 13.2 Å². The van der Waals surface area contributed by atoms with Crippen LogP contribution in [0.4, 0.5) is 16.2 Å². The Balaban J connectivity index is 1.81. The Hall–Kier alpha value is -2.69. The number of hydrogen-bond donors (Lipinski definition) is 2. The Kier molecular flexibility index (Phi) is 6.49. The van der Waals surface area contributed by atoms with Gasteiger partial charge in [0.15, 0.2) is 0 Å². The van der Waals surface area contributed by atoms with Gasteiger partial charge in [-0.1, -0.05) is 18.2 Å². The second kappa shape index (κ2) is 8.82. The zero-order chi connectivity index (χ0) is 17.4. The second-order valence-electron chi connectivity index (χ2n) is 5.61. The van der Waals surface area contributed by atoms with E-state index < -0.39 is 0 Å². The summed E-state index contributed by atoms with van der Waals surface area (Å²) in [6.45, 7) is 3.14. The van der Waals surface area contributed by atoms with Crippen molar-refractivity contribution >= 4 is 17.4 Å². The number of anilines is 2. The van der Waals surface area contributed by atoms with Gasteiger partial charge < -0.3 is 20.3 Å². The highest BCUT2D eigenvalue weighted by atomic mass is 16.5. The van der Waals surface area contributed by atoms with Crippen LogP contribution in [0.25, 0.3) is 0 Å². The SMILES string of the molecule is CCOc1ccccc1CCNC(=O)Nc1ccc(N(C)C)cc1. The maximum Gasteiger partial charge on any atom is 0.319 e. The number of amides is 2. The van der Waals surface area contributed by atoms with Crippen molar-refractivity contribution in [3.63, 3.8) is 0 Å². The number of rotatable bonds is 7. The number of carbonyl (C=O) groups is 1. The average Bonchev–Trinajstić information content (AvgIpc) is 2.57. The first kappa shape index (κ1) is 17.7. The van der Waals surface area contributed by atoms with Crippen LogP contribution in [-0.4, -0.2) is 33.3 Å². The summed E-state index contributed by atoms with van der Waals surface area (Å²) >= 11 is 0. The molecule has 2 amide bonds. The lowest BCUT2D eigenvalue weighted by Gasteiger charge is -2.13. The molecule has 0 saturated heterocycles. The maximum absolute atomic E-state index is 12.0. The van der Waals surface area contributed by atoms with Crippen LogP contribution in [0.2, 0.25) is 0 Å². The minimum atomic E-state index is -0.207. The van der Waals surface area contributed by atoms with Crippen molar-refractivity contribution in [2.75, 3.05) is 37.5 Å². The topological polar surface area (TPSA) is 53.6 Å². The molecule has 24 heavy (non-hydrogen) atoms. The van der Waals surface area contributed by atoms with E-state index in [4.69, 9.17) is 4.74 Å². The molecule has 128 valence electrons. The number of ether oxygens (including phenoxy) is 1. The van der Waals surface area contributed by atoms with E-state index in [2.05, 4.69) is 10.6 Å². The molecule has 0 fully saturated rings. The third-order valence-corrected chi connectivity index (χ3v) is 3.59. The van der Waals surface area contributed by atoms with E-state index >= 15 is 0 Å². The second-order valence-corrected chi connectivity index (χ2v) is 5.61. The summed E-state index contributed by atoms with van der Waals surface area (Å²) in [5.74, 6) is 0.876. The van der Waals surface area contributed by atoms with Crippen molar-refractivity contribution in [2.45, 2.75) is 13.3 Å². The van der Waals surface area contributed by atoms with Crippen LogP contribution in [0.3, 0.4) is 0 Å². The normalized spacial score (nSPS) is 10.1. The fourth-order valence-electron chi connectivity index (χ4n) is 2.34. The maximum atomic E-state index is 12.0. The van der Waals surface area contributed by atoms with E-state index in [9.17, 15) is 4.79 Å². The number of nitrogens with one attached hydrogen (secondary N) is 2. The highest BCUT2D eigenvalue weighted by molar-refractivity contribution is 5.89. The summed E-state index contributed by atoms with van der Waals surface area (Å²) in [7, 11) is 3.96. The fourth-order valence-corrected chi connectivity index (χ4v) is 2.34. The molecule has 0 heterocycles. The standard InChI is InChI=1S/C19H25N3O2/c1-4-24-18-8-6-5-7-15(18)13-14-20-19(23)21-16-9-11-17(12-10-16)22(2)3/h5-12H,4,13-14H2,1-3H3,(H2,20,21,23). The molecular formula is C19H25N3O2. The van der Waals surface area contributed by atoms with Gasteiger partial charge in [0.05, 0.1) is 6.61 Å². The van der Waals surface area contributed by atoms with E-state index in [1.807, 2.05) is 74.4 Å². The lowest BCUT2D eigenvalue weighted by Crippen LogP contribution is -2.30. The number of nitrogens with zero attached hydrogens (tertiary/aromatic N) is 1. The fraction of sp³-hybridized carbons (Fsp3) is 0.316. The Bertz CT molecular complexity index is 654. The molecule has 0 spiro atoms. The molecule has 0 unspecified atom stereocenters. The molecule has 0 saturated carbocycles. The molecule has 0 aliphatic heterocycles. The molecule has 2 N–H and O–H groups in total. The Morgan fingerprint density at radius 1 is 1.08 bits per heavy atom. The van der Waals surface area contributed by atoms with Crippen LogP contribution in [-0.2, 0) is 6.42 Å². The highest BCUT2D eigenvalue weighted by Gasteiger charge is 2.05. The van der Waals surface area contributed by atoms with Crippen molar-refractivity contribution < 1.29 is 9.53 Å². The Morgan fingerprint density at radius 3 is 2.46 bits per heavy atom. The van der Waals surface area contributed by atoms with Gasteiger partial charge in [0.2, 0.25) is 0 Å². The molecule has 2 rings (SSSR count). The van der Waals surface area contributed by atoms with Gasteiger partial charge in [-0.25, -0.2) is 4.79 Å². The van der Waals surface area contributed by atoms with Crippen LogP contribution >= 0.6 is 0 Å². The van der Waals surface area contributed by atoms with Crippen molar-refractivity contribution in [3.8, 4) is 5.75 Å². The predicted octanol–water partition coefficient (Wildman–Crippen LogP) is 3.52. The van der Waals surface area contributed by atoms with Crippen molar-refractivity contribution in [1.29, 1.82) is 0 Å². The van der Waals surface area contributed by atoms with Gasteiger partial charge in [-0.15, -0.1) is 0 Å². The van der Waals surface area contributed by atoms with Crippen molar-refractivity contribution in [1.82, 2.24) is 5.32 Å². The summed E-state index contributed by atoms with van der Waals surface area (Å²) in [6, 6.07) is 15.4. The predicted molar refractivity (Wildman–Crippen MR) is 99.1 cm³/mol. The Morgan fingerprint density at radius 2 is 1.79 bits per heavy atom. The van der Waals surface area contributed by atoms with Gasteiger partial charge >= 0.3 is 6.03 Å². The van der Waals surface area contributed by atoms with E-state index in [1.165, 1.54) is 0 Å². The zero-order valence-electron chi connectivity index (χ0n) is 14.5. The Labute approximate surface area is 143 Å². The number of hydrogen-bond acceptors (Lipinski definition) is 3. The van der Waals surface area contributed by atoms with Gasteiger partial charge in [0.25, 0.3) is 0 Å². The van der Waals surface area contributed by atoms with Gasteiger partial charge in [0, 0.05) is 32.0 Å². The highest BCUT2D eigenvalue weighted by Crippen LogP contribution is 2.18. The summed E-state index contributed by atoms with van der Waals surface area (Å²) in [5, 5.41) is 5.70. The molecule has 5 heteroatoms. The molecule has 0 bridgehead atoms. The first-order valence-electron chi connectivity index (χ1n) is 8.13. The van der Waals surface area contributed by atoms with Crippen LogP contribution in [0.1, 0.15) is 12.5 Å². The zero-order valence-corrected chi connectivity index (χ0v) is 14.5. The third kappa shape index (κ3) is 5.19. The quantitative estimate of drug-likeness (QED) is 0.818. The summed E-state index contributed by atoms with van der Waals surface area (Å²) in [5.41, 5.74) is 2.95. The molecule has 2 aromatic carbocycles. The molecule has 0 aromatic heterocycles. The summed E-state index contributed by atoms with van der Waals surface area (Å²) in [6.07, 6.45) is 0.725. The van der Waals surface area contributed by atoms with Gasteiger partial charge in [-0.2, -0.15) is 0 Å². The average molecular weight is 327 g/mol. The van der Waals surface area contributed by atoms with Crippen LogP contribution in [0.5, 0.6) is 5.75 Å². The van der Waals surface area contributed by atoms with Crippen molar-refractivity contribution in [3.05, 3.63) is 54.1 Å². The smallest absolute Gasteiger partial charge is 0.319 e. The minimum Gasteiger partial charge on any atom is -0.494 e. The van der Waals surface area contributed by atoms with Crippen LogP contribution < -0.4 is 20.3 Å². The summed E-state index contributed by atoms with van der Waals surface area (Å²) < 4.78 is 5.59. The molecule has 0 aliphatic carbocycles. The van der Waals surface area contributed by atoms with Crippen LogP contribution in [0.15, 0.2) is 48.5 Å². The number of carbonyl (C=O) groups excluding carboxylic acids is 1. The third-order valence-electron chi connectivity index (χ3n) is 3.59. The van der Waals surface area contributed by atoms with Crippen molar-refractivity contribution in [2.24, 2.45) is 0 Å². The van der Waals surface area contributed by atoms with Crippen LogP contribution in [0, 0.1) is 0 Å². The molecule has 5 nitrogen and oxygen atoms in total. The van der Waals surface area contributed by atoms with E-state index in [-0.39, 0.29) is 6.03 Å². The monoisotopic (exact) mass is 327 g/mol. The van der Waals surface area contributed by atoms with Gasteiger partial charge in [-0.3, -0.25) is 0 Å². The lowest BCUT2D eigenvalue weighted by molar-refractivity contribution is 0.252. The largest absolute Gasteiger partial charge is 0.494 e. The molecule has 0 atom stereocenters. The summed E-state index contributed by atoms with van der Waals surface area (Å²) in [4.78, 5) is 14.0. The number of para-hydroxylation sites is 1. The lowest BCUT2D eigenvalue weighted by atomic mass is 10.1. The molecule has 0 aliphatic rings. The first-order chi connectivity index (χ1) is 11.6. The number of benzene rings is 2. The molecule has 0 radical (unpaired) electrons. The van der Waals surface area contributed by atoms with Gasteiger partial charge in [-0.05, 0) is 49.2 Å². The number of urea groups is 1. The van der Waals surface area contributed by atoms with Gasteiger partial charge in [0.1, 0.15) is 5.75 Å². The molecular weight excluding hydrogens is 302 g/mol. The molecule has 2 aromatic rings. The van der Waals surface area contributed by atoms with E-state index in [1.54, 1.807) is 0 Å². The minimum absolute atomic E-state index is 0.207.